The highest BCUT2D eigenvalue weighted by atomic mass is 35.5. The van der Waals surface area contributed by atoms with Crippen molar-refractivity contribution < 1.29 is 9.60 Å². The Morgan fingerprint density at radius 3 is 2.63 bits per heavy atom. The maximum Gasteiger partial charge on any atom is 0.227 e. The van der Waals surface area contributed by atoms with Gasteiger partial charge < -0.3 is 15.8 Å². The van der Waals surface area contributed by atoms with Crippen molar-refractivity contribution in [3.05, 3.63) is 40.3 Å². The second-order valence-electron chi connectivity index (χ2n) is 3.57. The van der Waals surface area contributed by atoms with E-state index in [2.05, 4.69) is 20.3 Å². The Morgan fingerprint density at radius 1 is 1.42 bits per heavy atom. The summed E-state index contributed by atoms with van der Waals surface area (Å²) < 4.78 is 12.7. The zero-order valence-electron chi connectivity index (χ0n) is 9.63. The summed E-state index contributed by atoms with van der Waals surface area (Å²) in [4.78, 5) is 11.2. The molecular formula is C10H8ClFN5O2-. The third-order valence-electron chi connectivity index (χ3n) is 2.14. The molecule has 0 aliphatic heterocycles. The SMILES string of the molecule is Cc1cc(Nc2ncc(F)cn2)c(N([O-])O)c(Cl)n1. The van der Waals surface area contributed by atoms with Gasteiger partial charge in [0.05, 0.1) is 18.1 Å². The van der Waals surface area contributed by atoms with Crippen molar-refractivity contribution in [3.8, 4) is 0 Å². The lowest BCUT2D eigenvalue weighted by Crippen LogP contribution is -2.12. The number of nitrogens with zero attached hydrogens (tertiary/aromatic N) is 4. The largest absolute Gasteiger partial charge is 0.733 e. The second-order valence-corrected chi connectivity index (χ2v) is 3.93. The predicted molar refractivity (Wildman–Crippen MR) is 66.9 cm³/mol. The molecule has 0 radical (unpaired) electrons. The van der Waals surface area contributed by atoms with E-state index in [4.69, 9.17) is 16.8 Å². The van der Waals surface area contributed by atoms with E-state index in [9.17, 15) is 9.60 Å². The van der Waals surface area contributed by atoms with Crippen molar-refractivity contribution in [1.82, 2.24) is 15.0 Å². The number of hydrogen-bond acceptors (Lipinski definition) is 7. The van der Waals surface area contributed by atoms with Gasteiger partial charge in [0.15, 0.2) is 11.0 Å². The fourth-order valence-corrected chi connectivity index (χ4v) is 1.71. The van der Waals surface area contributed by atoms with Crippen LogP contribution in [0.2, 0.25) is 5.15 Å². The molecule has 0 saturated heterocycles. The smallest absolute Gasteiger partial charge is 0.227 e. The van der Waals surface area contributed by atoms with E-state index in [1.807, 2.05) is 0 Å². The summed E-state index contributed by atoms with van der Waals surface area (Å²) in [6.07, 6.45) is 1.91. The predicted octanol–water partition coefficient (Wildman–Crippen LogP) is 2.41. The second kappa shape index (κ2) is 5.31. The van der Waals surface area contributed by atoms with E-state index in [0.717, 1.165) is 12.4 Å². The number of pyridine rings is 1. The minimum Gasteiger partial charge on any atom is -0.733 e. The number of anilines is 3. The normalized spacial score (nSPS) is 10.4. The number of hydrogen-bond donors (Lipinski definition) is 2. The molecule has 0 bridgehead atoms. The fourth-order valence-electron chi connectivity index (χ4n) is 1.40. The lowest BCUT2D eigenvalue weighted by molar-refractivity contribution is 0.296. The van der Waals surface area contributed by atoms with Crippen LogP contribution < -0.4 is 10.5 Å². The Morgan fingerprint density at radius 2 is 2.05 bits per heavy atom. The first-order valence-electron chi connectivity index (χ1n) is 5.05. The van der Waals surface area contributed by atoms with Gasteiger partial charge in [-0.05, 0) is 13.0 Å². The monoisotopic (exact) mass is 284 g/mol. The average Bonchev–Trinajstić information content (AvgIpc) is 2.30. The highest BCUT2D eigenvalue weighted by Crippen LogP contribution is 2.33. The van der Waals surface area contributed by atoms with Crippen LogP contribution in [-0.4, -0.2) is 20.2 Å². The molecule has 0 aliphatic rings. The lowest BCUT2D eigenvalue weighted by Gasteiger charge is -2.25. The molecule has 0 saturated carbocycles. The van der Waals surface area contributed by atoms with E-state index < -0.39 is 11.0 Å². The summed E-state index contributed by atoms with van der Waals surface area (Å²) in [7, 11) is 0. The molecule has 9 heteroatoms. The van der Waals surface area contributed by atoms with Crippen molar-refractivity contribution in [2.75, 3.05) is 10.5 Å². The Hall–Kier alpha value is -2.03. The molecule has 0 aliphatic carbocycles. The lowest BCUT2D eigenvalue weighted by atomic mass is 10.3. The molecule has 100 valence electrons. The van der Waals surface area contributed by atoms with Crippen LogP contribution in [0.4, 0.5) is 21.7 Å². The topological polar surface area (TPSA) is 97.2 Å². The summed E-state index contributed by atoms with van der Waals surface area (Å²) in [5, 5.41) is 22.1. The van der Waals surface area contributed by atoms with E-state index in [0.29, 0.717) is 5.69 Å². The molecule has 2 rings (SSSR count). The van der Waals surface area contributed by atoms with Crippen molar-refractivity contribution >= 4 is 28.9 Å². The van der Waals surface area contributed by atoms with Crippen LogP contribution in [0.5, 0.6) is 0 Å². The highest BCUT2D eigenvalue weighted by Gasteiger charge is 2.12. The quantitative estimate of drug-likeness (QED) is 0.659. The molecular weight excluding hydrogens is 277 g/mol. The fraction of sp³-hybridized carbons (Fsp3) is 0.100. The first-order valence-corrected chi connectivity index (χ1v) is 5.43. The van der Waals surface area contributed by atoms with E-state index in [1.54, 1.807) is 6.92 Å². The number of halogens is 2. The van der Waals surface area contributed by atoms with Gasteiger partial charge in [0, 0.05) is 5.69 Å². The zero-order chi connectivity index (χ0) is 14.0. The van der Waals surface area contributed by atoms with Crippen LogP contribution in [-0.2, 0) is 0 Å². The Balaban J connectivity index is 2.41. The molecule has 0 spiro atoms. The van der Waals surface area contributed by atoms with Gasteiger partial charge in [-0.2, -0.15) is 0 Å². The van der Waals surface area contributed by atoms with Crippen molar-refractivity contribution in [2.45, 2.75) is 6.92 Å². The first-order chi connectivity index (χ1) is 8.97. The Labute approximate surface area is 112 Å². The molecule has 0 unspecified atom stereocenters. The van der Waals surface area contributed by atoms with Crippen LogP contribution >= 0.6 is 11.6 Å². The molecule has 2 N–H and O–H groups in total. The number of rotatable bonds is 3. The maximum absolute atomic E-state index is 12.7. The molecule has 0 atom stereocenters. The van der Waals surface area contributed by atoms with Gasteiger partial charge in [0.2, 0.25) is 5.95 Å². The molecule has 0 amide bonds. The Bertz CT molecular complexity index is 593. The van der Waals surface area contributed by atoms with E-state index in [-0.39, 0.29) is 22.5 Å². The van der Waals surface area contributed by atoms with Crippen LogP contribution in [0.1, 0.15) is 5.69 Å². The van der Waals surface area contributed by atoms with Gasteiger partial charge >= 0.3 is 0 Å². The zero-order valence-corrected chi connectivity index (χ0v) is 10.4. The molecule has 2 aromatic rings. The summed E-state index contributed by atoms with van der Waals surface area (Å²) in [5.41, 5.74) is 0.391. The summed E-state index contributed by atoms with van der Waals surface area (Å²) in [5.74, 6) is -0.548. The van der Waals surface area contributed by atoms with Gasteiger partial charge in [-0.1, -0.05) is 11.6 Å². The highest BCUT2D eigenvalue weighted by molar-refractivity contribution is 6.32. The van der Waals surface area contributed by atoms with Gasteiger partial charge in [0.25, 0.3) is 0 Å². The Kier molecular flexibility index (Phi) is 3.74. The number of aryl methyl sites for hydroxylation is 1. The van der Waals surface area contributed by atoms with Crippen LogP contribution in [0, 0.1) is 17.9 Å². The molecule has 2 heterocycles. The molecule has 2 aromatic heterocycles. The van der Waals surface area contributed by atoms with E-state index in [1.165, 1.54) is 6.07 Å². The van der Waals surface area contributed by atoms with Gasteiger partial charge in [0.1, 0.15) is 5.69 Å². The third kappa shape index (κ3) is 3.05. The third-order valence-corrected chi connectivity index (χ3v) is 2.40. The average molecular weight is 285 g/mol. The van der Waals surface area contributed by atoms with Gasteiger partial charge in [-0.25, -0.2) is 19.3 Å². The number of aromatic nitrogens is 3. The van der Waals surface area contributed by atoms with Gasteiger partial charge in [-0.15, -0.1) is 0 Å². The number of nitrogens with one attached hydrogen (secondary N) is 1. The van der Waals surface area contributed by atoms with Crippen LogP contribution in [0.3, 0.4) is 0 Å². The molecule has 0 aromatic carbocycles. The minimum absolute atomic E-state index is 0.0474. The summed E-state index contributed by atoms with van der Waals surface area (Å²) in [6, 6.07) is 1.47. The van der Waals surface area contributed by atoms with Gasteiger partial charge in [-0.3, -0.25) is 5.21 Å². The molecule has 7 nitrogen and oxygen atoms in total. The minimum atomic E-state index is -0.595. The molecule has 0 fully saturated rings. The van der Waals surface area contributed by atoms with Crippen LogP contribution in [0.25, 0.3) is 0 Å². The van der Waals surface area contributed by atoms with Crippen molar-refractivity contribution in [3.63, 3.8) is 0 Å². The van der Waals surface area contributed by atoms with Crippen molar-refractivity contribution in [1.29, 1.82) is 0 Å². The van der Waals surface area contributed by atoms with E-state index >= 15 is 0 Å². The standard InChI is InChI=1S/C10H8ClFN5O2/c1-5-2-7(8(17(18)19)9(11)15-5)16-10-13-3-6(12)4-14-10/h2-4,18H,1H3,(H,13,14,15,16)/q-1. The summed E-state index contributed by atoms with van der Waals surface area (Å²) >= 11 is 5.77. The summed E-state index contributed by atoms with van der Waals surface area (Å²) in [6.45, 7) is 1.65. The van der Waals surface area contributed by atoms with Crippen molar-refractivity contribution in [2.24, 2.45) is 0 Å². The van der Waals surface area contributed by atoms with Crippen LogP contribution in [0.15, 0.2) is 18.5 Å². The maximum atomic E-state index is 12.7. The first kappa shape index (κ1) is 13.4. The molecule has 19 heavy (non-hydrogen) atoms.